The van der Waals surface area contributed by atoms with E-state index in [1.807, 2.05) is 23.5 Å². The van der Waals surface area contributed by atoms with Gasteiger partial charge in [-0.3, -0.25) is 0 Å². The van der Waals surface area contributed by atoms with E-state index < -0.39 is 0 Å². The van der Waals surface area contributed by atoms with E-state index in [1.165, 1.54) is 9.75 Å². The summed E-state index contributed by atoms with van der Waals surface area (Å²) in [5, 5.41) is 3.33. The van der Waals surface area contributed by atoms with E-state index in [0.29, 0.717) is 6.61 Å². The fraction of sp³-hybridized carbons (Fsp3) is 0.412. The number of benzene rings is 1. The largest absolute Gasteiger partial charge is 0.493 e. The zero-order valence-corrected chi connectivity index (χ0v) is 13.8. The van der Waals surface area contributed by atoms with Crippen LogP contribution in [0.15, 0.2) is 30.3 Å². The van der Waals surface area contributed by atoms with Crippen LogP contribution >= 0.6 is 11.3 Å². The molecule has 1 heterocycles. The highest BCUT2D eigenvalue weighted by molar-refractivity contribution is 7.11. The highest BCUT2D eigenvalue weighted by Crippen LogP contribution is 2.32. The third-order valence-corrected chi connectivity index (χ3v) is 4.47. The van der Waals surface area contributed by atoms with Crippen LogP contribution in [-0.2, 0) is 19.6 Å². The van der Waals surface area contributed by atoms with Crippen LogP contribution in [0.25, 0.3) is 0 Å². The van der Waals surface area contributed by atoms with Gasteiger partial charge in [-0.25, -0.2) is 0 Å². The average molecular weight is 305 g/mol. The fourth-order valence-corrected chi connectivity index (χ4v) is 2.99. The molecule has 3 nitrogen and oxygen atoms in total. The lowest BCUT2D eigenvalue weighted by atomic mass is 10.2. The second-order valence-corrected chi connectivity index (χ2v) is 5.99. The number of aryl methyl sites for hydroxylation is 1. The number of thiophene rings is 1. The monoisotopic (exact) mass is 305 g/mol. The maximum atomic E-state index is 6.05. The normalized spacial score (nSPS) is 10.6. The van der Waals surface area contributed by atoms with Crippen LogP contribution in [0, 0.1) is 0 Å². The number of ether oxygens (including phenoxy) is 2. The van der Waals surface area contributed by atoms with Gasteiger partial charge in [-0.1, -0.05) is 26.0 Å². The van der Waals surface area contributed by atoms with Crippen LogP contribution in [0.3, 0.4) is 0 Å². The van der Waals surface area contributed by atoms with Gasteiger partial charge in [0.1, 0.15) is 6.61 Å². The summed E-state index contributed by atoms with van der Waals surface area (Å²) < 4.78 is 11.5. The molecule has 0 saturated heterocycles. The zero-order chi connectivity index (χ0) is 15.1. The summed E-state index contributed by atoms with van der Waals surface area (Å²) in [5.74, 6) is 1.63. The van der Waals surface area contributed by atoms with Crippen molar-refractivity contribution < 1.29 is 9.47 Å². The van der Waals surface area contributed by atoms with Crippen LogP contribution in [-0.4, -0.2) is 13.7 Å². The molecule has 0 aliphatic heterocycles. The molecule has 0 fully saturated rings. The number of hydrogen-bond donors (Lipinski definition) is 1. The van der Waals surface area contributed by atoms with E-state index in [0.717, 1.165) is 36.6 Å². The Morgan fingerprint density at radius 2 is 1.90 bits per heavy atom. The topological polar surface area (TPSA) is 30.5 Å². The highest BCUT2D eigenvalue weighted by atomic mass is 32.1. The maximum absolute atomic E-state index is 6.05. The summed E-state index contributed by atoms with van der Waals surface area (Å²) in [6.45, 7) is 6.57. The maximum Gasteiger partial charge on any atom is 0.166 e. The Bertz CT molecular complexity index is 566. The second-order valence-electron chi connectivity index (χ2n) is 4.74. The van der Waals surface area contributed by atoms with Crippen LogP contribution in [0.2, 0.25) is 0 Å². The molecule has 1 aromatic heterocycles. The summed E-state index contributed by atoms with van der Waals surface area (Å²) in [6, 6.07) is 10.3. The third-order valence-electron chi connectivity index (χ3n) is 3.27. The van der Waals surface area contributed by atoms with Crippen LogP contribution in [0.4, 0.5) is 0 Å². The van der Waals surface area contributed by atoms with Gasteiger partial charge in [0.05, 0.1) is 7.11 Å². The van der Waals surface area contributed by atoms with Crippen LogP contribution in [0.1, 0.15) is 29.2 Å². The summed E-state index contributed by atoms with van der Waals surface area (Å²) in [5.41, 5.74) is 1.13. The molecule has 0 atom stereocenters. The van der Waals surface area contributed by atoms with E-state index in [2.05, 4.69) is 37.4 Å². The van der Waals surface area contributed by atoms with E-state index in [-0.39, 0.29) is 0 Å². The minimum atomic E-state index is 0.587. The first kappa shape index (κ1) is 15.9. The van der Waals surface area contributed by atoms with Crippen LogP contribution < -0.4 is 14.8 Å². The highest BCUT2D eigenvalue weighted by Gasteiger charge is 2.11. The molecule has 0 aliphatic rings. The van der Waals surface area contributed by atoms with Crippen molar-refractivity contribution in [2.75, 3.05) is 13.7 Å². The Morgan fingerprint density at radius 1 is 1.10 bits per heavy atom. The first-order valence-electron chi connectivity index (χ1n) is 7.35. The molecular weight excluding hydrogens is 282 g/mol. The lowest BCUT2D eigenvalue weighted by Gasteiger charge is -2.15. The number of nitrogens with one attached hydrogen (secondary N) is 1. The van der Waals surface area contributed by atoms with Crippen LogP contribution in [0.5, 0.6) is 11.5 Å². The fourth-order valence-electron chi connectivity index (χ4n) is 2.12. The molecule has 0 amide bonds. The number of hydrogen-bond acceptors (Lipinski definition) is 4. The van der Waals surface area contributed by atoms with Crippen molar-refractivity contribution in [3.05, 3.63) is 45.6 Å². The predicted octanol–water partition coefficient (Wildman–Crippen LogP) is 4.01. The van der Waals surface area contributed by atoms with Gasteiger partial charge >= 0.3 is 0 Å². The Morgan fingerprint density at radius 3 is 2.57 bits per heavy atom. The Hall–Kier alpha value is -1.52. The first-order valence-corrected chi connectivity index (χ1v) is 8.17. The molecule has 1 aromatic carbocycles. The Labute approximate surface area is 130 Å². The first-order chi connectivity index (χ1) is 10.3. The second kappa shape index (κ2) is 8.05. The predicted molar refractivity (Wildman–Crippen MR) is 88.4 cm³/mol. The average Bonchev–Trinajstić information content (AvgIpc) is 2.99. The van der Waals surface area contributed by atoms with E-state index in [4.69, 9.17) is 9.47 Å². The molecule has 114 valence electrons. The van der Waals surface area contributed by atoms with Crippen molar-refractivity contribution in [3.8, 4) is 11.5 Å². The van der Waals surface area contributed by atoms with Crippen molar-refractivity contribution in [1.82, 2.24) is 5.32 Å². The molecule has 2 aromatic rings. The SMILES string of the molecule is CCNCc1cccc(OC)c1OCc1ccc(CC)s1. The quantitative estimate of drug-likeness (QED) is 0.799. The van der Waals surface area contributed by atoms with E-state index in [9.17, 15) is 0 Å². The molecule has 4 heteroatoms. The van der Waals surface area contributed by atoms with Gasteiger partial charge in [0.2, 0.25) is 0 Å². The smallest absolute Gasteiger partial charge is 0.166 e. The van der Waals surface area contributed by atoms with Gasteiger partial charge in [-0.05, 0) is 31.2 Å². The summed E-state index contributed by atoms with van der Waals surface area (Å²) in [7, 11) is 1.68. The minimum Gasteiger partial charge on any atom is -0.493 e. The number of methoxy groups -OCH3 is 1. The molecule has 21 heavy (non-hydrogen) atoms. The molecule has 0 spiro atoms. The molecule has 2 rings (SSSR count). The minimum absolute atomic E-state index is 0.587. The molecule has 0 bridgehead atoms. The van der Waals surface area contributed by atoms with Crippen molar-refractivity contribution in [1.29, 1.82) is 0 Å². The summed E-state index contributed by atoms with van der Waals surface area (Å²) >= 11 is 1.81. The molecule has 0 saturated carbocycles. The molecule has 1 N–H and O–H groups in total. The standard InChI is InChI=1S/C17H23NO2S/c1-4-14-9-10-15(21-14)12-20-17-13(11-18-5-2)7-6-8-16(17)19-3/h6-10,18H,4-5,11-12H2,1-3H3. The van der Waals surface area contributed by atoms with Gasteiger partial charge in [-0.2, -0.15) is 0 Å². The molecule has 0 unspecified atom stereocenters. The molecule has 0 radical (unpaired) electrons. The third kappa shape index (κ3) is 4.22. The van der Waals surface area contributed by atoms with Crippen molar-refractivity contribution >= 4 is 11.3 Å². The van der Waals surface area contributed by atoms with E-state index in [1.54, 1.807) is 7.11 Å². The van der Waals surface area contributed by atoms with Gasteiger partial charge < -0.3 is 14.8 Å². The molecule has 0 aliphatic carbocycles. The lowest BCUT2D eigenvalue weighted by molar-refractivity contribution is 0.283. The Kier molecular flexibility index (Phi) is 6.08. The number of rotatable bonds is 8. The van der Waals surface area contributed by atoms with Crippen molar-refractivity contribution in [3.63, 3.8) is 0 Å². The summed E-state index contributed by atoms with van der Waals surface area (Å²) in [6.07, 6.45) is 1.07. The zero-order valence-electron chi connectivity index (χ0n) is 12.9. The van der Waals surface area contributed by atoms with Gasteiger partial charge in [-0.15, -0.1) is 11.3 Å². The van der Waals surface area contributed by atoms with Gasteiger partial charge in [0, 0.05) is 21.9 Å². The van der Waals surface area contributed by atoms with Crippen molar-refractivity contribution in [2.24, 2.45) is 0 Å². The number of para-hydroxylation sites is 1. The molecular formula is C17H23NO2S. The van der Waals surface area contributed by atoms with Gasteiger partial charge in [0.15, 0.2) is 11.5 Å². The van der Waals surface area contributed by atoms with Gasteiger partial charge in [0.25, 0.3) is 0 Å². The van der Waals surface area contributed by atoms with E-state index >= 15 is 0 Å². The summed E-state index contributed by atoms with van der Waals surface area (Å²) in [4.78, 5) is 2.63. The Balaban J connectivity index is 2.12. The lowest BCUT2D eigenvalue weighted by Crippen LogP contribution is -2.13. The van der Waals surface area contributed by atoms with Crippen molar-refractivity contribution in [2.45, 2.75) is 33.4 Å².